The number of carbonyl (C=O) groups is 1. The molecule has 2 aliphatic rings. The molecule has 4 heteroatoms. The largest absolute Gasteiger partial charge is 0.389 e. The van der Waals surface area contributed by atoms with Gasteiger partial charge in [0.25, 0.3) is 0 Å². The lowest BCUT2D eigenvalue weighted by Gasteiger charge is -2.41. The van der Waals surface area contributed by atoms with Gasteiger partial charge in [-0.1, -0.05) is 36.8 Å². The van der Waals surface area contributed by atoms with E-state index in [0.29, 0.717) is 32.4 Å². The minimum absolute atomic E-state index is 0.00159. The molecule has 25 heavy (non-hydrogen) atoms. The van der Waals surface area contributed by atoms with Crippen LogP contribution >= 0.6 is 0 Å². The predicted molar refractivity (Wildman–Crippen MR) is 98.4 cm³/mol. The number of benzene rings is 1. The molecule has 1 N–H and O–H groups in total. The lowest BCUT2D eigenvalue weighted by molar-refractivity contribution is -0.149. The van der Waals surface area contributed by atoms with Crippen molar-refractivity contribution < 1.29 is 14.6 Å². The molecule has 2 heterocycles. The first-order valence-corrected chi connectivity index (χ1v) is 9.69. The number of amides is 1. The molecular weight excluding hydrogens is 314 g/mol. The first-order valence-electron chi connectivity index (χ1n) is 9.69. The van der Waals surface area contributed by atoms with E-state index in [0.717, 1.165) is 25.9 Å². The van der Waals surface area contributed by atoms with E-state index in [2.05, 4.69) is 32.0 Å². The highest BCUT2D eigenvalue weighted by Gasteiger charge is 2.38. The molecular formula is C21H31NO3. The summed E-state index contributed by atoms with van der Waals surface area (Å²) in [6.07, 6.45) is 4.82. The van der Waals surface area contributed by atoms with Crippen molar-refractivity contribution in [3.05, 3.63) is 35.4 Å². The number of piperidine rings is 1. The summed E-state index contributed by atoms with van der Waals surface area (Å²) in [6.45, 7) is 6.24. The first-order chi connectivity index (χ1) is 12.0. The van der Waals surface area contributed by atoms with Gasteiger partial charge in [-0.3, -0.25) is 4.79 Å². The average Bonchev–Trinajstić information content (AvgIpc) is 2.61. The molecule has 1 amide bonds. The Hall–Kier alpha value is -1.39. The number of rotatable bonds is 4. The Morgan fingerprint density at radius 3 is 2.80 bits per heavy atom. The van der Waals surface area contributed by atoms with Crippen LogP contribution in [0, 0.1) is 12.8 Å². The van der Waals surface area contributed by atoms with Gasteiger partial charge in [0, 0.05) is 26.1 Å². The van der Waals surface area contributed by atoms with Gasteiger partial charge in [-0.15, -0.1) is 0 Å². The minimum Gasteiger partial charge on any atom is -0.389 e. The van der Waals surface area contributed by atoms with E-state index in [1.54, 1.807) is 0 Å². The summed E-state index contributed by atoms with van der Waals surface area (Å²) in [4.78, 5) is 14.9. The Bertz CT molecular complexity index is 593. The number of likely N-dealkylation sites (tertiary alicyclic amines) is 1. The van der Waals surface area contributed by atoms with Gasteiger partial charge in [-0.25, -0.2) is 0 Å². The second kappa shape index (κ2) is 7.88. The fraction of sp³-hybridized carbons (Fsp3) is 0.667. The molecule has 1 aromatic rings. The molecule has 0 spiro atoms. The lowest BCUT2D eigenvalue weighted by Crippen LogP contribution is -2.51. The molecule has 2 saturated heterocycles. The Balaban J connectivity index is 1.58. The van der Waals surface area contributed by atoms with Crippen LogP contribution in [0.25, 0.3) is 0 Å². The van der Waals surface area contributed by atoms with Gasteiger partial charge in [0.1, 0.15) is 0 Å². The van der Waals surface area contributed by atoms with E-state index in [-0.39, 0.29) is 17.9 Å². The van der Waals surface area contributed by atoms with Crippen LogP contribution < -0.4 is 0 Å². The van der Waals surface area contributed by atoms with Crippen molar-refractivity contribution >= 4 is 5.91 Å². The van der Waals surface area contributed by atoms with Crippen molar-refractivity contribution in [2.24, 2.45) is 5.92 Å². The molecule has 2 atom stereocenters. The monoisotopic (exact) mass is 345 g/mol. The van der Waals surface area contributed by atoms with Crippen LogP contribution in [-0.4, -0.2) is 47.3 Å². The van der Waals surface area contributed by atoms with Gasteiger partial charge < -0.3 is 14.7 Å². The summed E-state index contributed by atoms with van der Waals surface area (Å²) >= 11 is 0. The smallest absolute Gasteiger partial charge is 0.228 e. The zero-order valence-electron chi connectivity index (χ0n) is 15.5. The molecule has 0 aliphatic carbocycles. The van der Waals surface area contributed by atoms with Crippen LogP contribution in [0.15, 0.2) is 24.3 Å². The summed E-state index contributed by atoms with van der Waals surface area (Å²) in [5, 5.41) is 11.0. The van der Waals surface area contributed by atoms with Gasteiger partial charge in [0.2, 0.25) is 5.91 Å². The maximum absolute atomic E-state index is 12.9. The fourth-order valence-corrected chi connectivity index (χ4v) is 4.28. The van der Waals surface area contributed by atoms with Crippen molar-refractivity contribution in [2.45, 2.75) is 64.1 Å². The second-order valence-electron chi connectivity index (χ2n) is 7.78. The molecule has 0 bridgehead atoms. The summed E-state index contributed by atoms with van der Waals surface area (Å²) in [5.74, 6) is 0.228. The number of aliphatic hydroxyl groups is 1. The van der Waals surface area contributed by atoms with E-state index in [1.165, 1.54) is 11.1 Å². The van der Waals surface area contributed by atoms with Crippen molar-refractivity contribution in [3.63, 3.8) is 0 Å². The van der Waals surface area contributed by atoms with Crippen LogP contribution in [0.4, 0.5) is 0 Å². The van der Waals surface area contributed by atoms with Crippen molar-refractivity contribution in [1.82, 2.24) is 4.90 Å². The standard InChI is InChI=1S/C21H31NO3/c1-3-19-18(8-5-13-25-19)20(23)22-11-9-21(24,10-12-22)15-17-7-4-6-16(2)14-17/h4,6-7,14,18-19,24H,3,5,8-13,15H2,1-2H3. The van der Waals surface area contributed by atoms with Crippen molar-refractivity contribution in [2.75, 3.05) is 19.7 Å². The molecule has 3 rings (SSSR count). The van der Waals surface area contributed by atoms with E-state index >= 15 is 0 Å². The summed E-state index contributed by atoms with van der Waals surface area (Å²) in [6, 6.07) is 8.33. The molecule has 2 unspecified atom stereocenters. The fourth-order valence-electron chi connectivity index (χ4n) is 4.28. The van der Waals surface area contributed by atoms with Gasteiger partial charge in [-0.05, 0) is 44.6 Å². The van der Waals surface area contributed by atoms with Gasteiger partial charge in [-0.2, -0.15) is 0 Å². The number of hydrogen-bond donors (Lipinski definition) is 1. The molecule has 0 radical (unpaired) electrons. The molecule has 4 nitrogen and oxygen atoms in total. The maximum Gasteiger partial charge on any atom is 0.228 e. The van der Waals surface area contributed by atoms with Gasteiger partial charge >= 0.3 is 0 Å². The predicted octanol–water partition coefficient (Wildman–Crippen LogP) is 3.10. The van der Waals surface area contributed by atoms with E-state index in [4.69, 9.17) is 4.74 Å². The average molecular weight is 345 g/mol. The van der Waals surface area contributed by atoms with Crippen LogP contribution in [0.1, 0.15) is 50.2 Å². The van der Waals surface area contributed by atoms with Crippen LogP contribution in [0.3, 0.4) is 0 Å². The van der Waals surface area contributed by atoms with E-state index in [1.807, 2.05) is 11.0 Å². The van der Waals surface area contributed by atoms with E-state index in [9.17, 15) is 9.90 Å². The Morgan fingerprint density at radius 2 is 2.12 bits per heavy atom. The third-order valence-electron chi connectivity index (χ3n) is 5.78. The highest BCUT2D eigenvalue weighted by atomic mass is 16.5. The number of nitrogens with zero attached hydrogens (tertiary/aromatic N) is 1. The Morgan fingerprint density at radius 1 is 1.36 bits per heavy atom. The SMILES string of the molecule is CCC1OCCCC1C(=O)N1CCC(O)(Cc2cccc(C)c2)CC1. The quantitative estimate of drug-likeness (QED) is 0.912. The minimum atomic E-state index is -0.697. The Labute approximate surface area is 151 Å². The number of ether oxygens (including phenoxy) is 1. The van der Waals surface area contributed by atoms with Crippen LogP contribution in [0.2, 0.25) is 0 Å². The summed E-state index contributed by atoms with van der Waals surface area (Å²) in [5.41, 5.74) is 1.70. The summed E-state index contributed by atoms with van der Waals surface area (Å²) < 4.78 is 5.79. The first kappa shape index (κ1) is 18.4. The van der Waals surface area contributed by atoms with E-state index < -0.39 is 5.60 Å². The molecule has 1 aromatic carbocycles. The molecule has 0 aromatic heterocycles. The lowest BCUT2D eigenvalue weighted by atomic mass is 9.84. The molecule has 2 fully saturated rings. The highest BCUT2D eigenvalue weighted by Crippen LogP contribution is 2.30. The molecule has 138 valence electrons. The summed E-state index contributed by atoms with van der Waals surface area (Å²) in [7, 11) is 0. The number of hydrogen-bond acceptors (Lipinski definition) is 3. The maximum atomic E-state index is 12.9. The normalized spacial score (nSPS) is 26.4. The van der Waals surface area contributed by atoms with Crippen LogP contribution in [0.5, 0.6) is 0 Å². The topological polar surface area (TPSA) is 49.8 Å². The van der Waals surface area contributed by atoms with Gasteiger partial charge in [0.05, 0.1) is 17.6 Å². The zero-order valence-corrected chi connectivity index (χ0v) is 15.5. The van der Waals surface area contributed by atoms with Gasteiger partial charge in [0.15, 0.2) is 0 Å². The van der Waals surface area contributed by atoms with Crippen molar-refractivity contribution in [3.8, 4) is 0 Å². The zero-order chi connectivity index (χ0) is 17.9. The number of aryl methyl sites for hydroxylation is 1. The molecule has 2 aliphatic heterocycles. The second-order valence-corrected chi connectivity index (χ2v) is 7.78. The number of carbonyl (C=O) groups excluding carboxylic acids is 1. The van der Waals surface area contributed by atoms with Crippen molar-refractivity contribution in [1.29, 1.82) is 0 Å². The highest BCUT2D eigenvalue weighted by molar-refractivity contribution is 5.79. The third-order valence-corrected chi connectivity index (χ3v) is 5.78. The molecule has 0 saturated carbocycles. The van der Waals surface area contributed by atoms with Crippen LogP contribution in [-0.2, 0) is 16.0 Å². The third kappa shape index (κ3) is 4.42. The Kier molecular flexibility index (Phi) is 5.80.